The summed E-state index contributed by atoms with van der Waals surface area (Å²) in [4.78, 5) is 51.1. The molecule has 0 amide bonds. The zero-order chi connectivity index (χ0) is 54.8. The molecule has 0 spiro atoms. The summed E-state index contributed by atoms with van der Waals surface area (Å²) in [7, 11) is 6.39. The Kier molecular flexibility index (Phi) is 21.3. The maximum absolute atomic E-state index is 14.3. The van der Waals surface area contributed by atoms with Gasteiger partial charge in [0.25, 0.3) is 0 Å². The van der Waals surface area contributed by atoms with Crippen LogP contribution >= 0.6 is 23.2 Å². The molecule has 15 heteroatoms. The van der Waals surface area contributed by atoms with Gasteiger partial charge in [-0.3, -0.25) is 24.4 Å². The molecule has 1 N–H and O–H groups in total. The number of methoxy groups -OCH3 is 4. The number of pyridine rings is 2. The van der Waals surface area contributed by atoms with E-state index in [2.05, 4.69) is 65.4 Å². The second-order valence-corrected chi connectivity index (χ2v) is 23.6. The van der Waals surface area contributed by atoms with E-state index in [4.69, 9.17) is 49.8 Å². The summed E-state index contributed by atoms with van der Waals surface area (Å²) in [5.41, 5.74) is 2.20. The van der Waals surface area contributed by atoms with Crippen molar-refractivity contribution >= 4 is 40.6 Å². The number of ether oxygens (including phenoxy) is 4. The molecular formula is C59H78Cl2MnN2O10. The fourth-order valence-corrected chi connectivity index (χ4v) is 14.5. The van der Waals surface area contributed by atoms with Crippen LogP contribution in [0.15, 0.2) is 85.2 Å². The van der Waals surface area contributed by atoms with E-state index in [0.717, 1.165) is 51.4 Å². The number of fused-ring (bicyclic) bond motifs is 2. The number of aliphatic hydroxyl groups is 1. The van der Waals surface area contributed by atoms with Crippen molar-refractivity contribution in [3.05, 3.63) is 108 Å². The Bertz CT molecular complexity index is 2520. The zero-order valence-electron chi connectivity index (χ0n) is 45.3. The number of ketones is 3. The van der Waals surface area contributed by atoms with Crippen LogP contribution in [0, 0.1) is 69.0 Å². The molecule has 0 aliphatic heterocycles. The normalized spacial score (nSPS) is 28.6. The molecule has 2 heterocycles. The van der Waals surface area contributed by atoms with Gasteiger partial charge < -0.3 is 24.1 Å². The molecule has 4 fully saturated rings. The van der Waals surface area contributed by atoms with Gasteiger partial charge in [0.15, 0.2) is 17.3 Å². The van der Waals surface area contributed by atoms with Crippen molar-refractivity contribution in [2.75, 3.05) is 33.8 Å². The quantitative estimate of drug-likeness (QED) is 0.0811. The van der Waals surface area contributed by atoms with Gasteiger partial charge in [0.2, 0.25) is 0 Å². The number of hydrogen-bond acceptors (Lipinski definition) is 12. The second-order valence-electron chi connectivity index (χ2n) is 22.6. The van der Waals surface area contributed by atoms with Crippen LogP contribution in [0.4, 0.5) is 0 Å². The number of rotatable bonds is 12. The summed E-state index contributed by atoms with van der Waals surface area (Å²) in [6.45, 7) is 18.1. The topological polar surface area (TPSA) is 168 Å². The van der Waals surface area contributed by atoms with Crippen LogP contribution in [0.1, 0.15) is 150 Å². The van der Waals surface area contributed by atoms with Crippen molar-refractivity contribution in [3.63, 3.8) is 0 Å². The molecule has 0 saturated heterocycles. The summed E-state index contributed by atoms with van der Waals surface area (Å²) < 4.78 is 38.6. The van der Waals surface area contributed by atoms with Crippen LogP contribution in [0.25, 0.3) is 0 Å². The van der Waals surface area contributed by atoms with Gasteiger partial charge in [-0.25, -0.2) is 0 Å². The summed E-state index contributed by atoms with van der Waals surface area (Å²) in [5.74, 6) is 2.37. The van der Waals surface area contributed by atoms with E-state index >= 15 is 0 Å². The van der Waals surface area contributed by atoms with Crippen molar-refractivity contribution in [2.24, 2.45) is 69.0 Å². The number of aliphatic hydroxyl groups excluding tert-OH is 1. The second kappa shape index (κ2) is 26.1. The van der Waals surface area contributed by atoms with Gasteiger partial charge in [-0.2, -0.15) is 0 Å². The number of alkyl halides is 2. The first kappa shape index (κ1) is 60.5. The standard InChI is InChI=1S/C29H39NO4.C29H37NO4.CH2Cl2.Mn.2O/c2*1-18-22(27(32)23-10-7-8-13-30-23)17-24-28(2,3)11-9-12-29(24,4)25(18)26(31)19-14-20(33-5)16-21(15-19)34-6;2-1-3;;;/h7-8,10,13-16,18,22,24-25,27,32H,9,11-12,17H2,1-6H3;7-8,10,13-16,18,22,24-25H,9,11-12,17H2,1-6H3;1H2;;;/t18-,22?,24?,25-,27?,29+;18-,22?,24+,25-,29+;;;;/m11..../s1. The van der Waals surface area contributed by atoms with Gasteiger partial charge in [-0.05, 0) is 138 Å². The van der Waals surface area contributed by atoms with E-state index in [0.29, 0.717) is 51.4 Å². The van der Waals surface area contributed by atoms with E-state index in [-0.39, 0.29) is 85.8 Å². The molecular weight excluding hydrogens is 1020 g/mol. The minimum absolute atomic E-state index is 0.00291. The van der Waals surface area contributed by atoms with Crippen molar-refractivity contribution < 1.29 is 60.9 Å². The first-order valence-corrected chi connectivity index (χ1v) is 27.7. The van der Waals surface area contributed by atoms with Crippen molar-refractivity contribution in [1.29, 1.82) is 0 Å². The van der Waals surface area contributed by atoms with Gasteiger partial charge >= 0.3 is 22.5 Å². The molecule has 2 aromatic carbocycles. The Hall–Kier alpha value is -4.39. The molecule has 4 aromatic rings. The summed E-state index contributed by atoms with van der Waals surface area (Å²) in [6, 6.07) is 22.0. The van der Waals surface area contributed by atoms with Crippen LogP contribution in [0.5, 0.6) is 23.0 Å². The number of carbonyl (C=O) groups is 3. The van der Waals surface area contributed by atoms with E-state index in [1.807, 2.05) is 42.5 Å². The van der Waals surface area contributed by atoms with Crippen LogP contribution in [-0.2, 0) is 22.5 Å². The number of carbonyl (C=O) groups excluding carboxylic acids is 3. The number of Topliss-reactive ketones (excluding diaryl/α,β-unsaturated/α-hetero) is 3. The predicted molar refractivity (Wildman–Crippen MR) is 283 cm³/mol. The number of benzene rings is 2. The molecule has 4 aliphatic carbocycles. The molecule has 11 atom stereocenters. The SMILES string of the molecule is COc1cc(OC)cc(C(=O)[C@H]2[C@H](C)C(C(=O)c3ccccn3)C[C@H]3C(C)(C)CCC[C@]23C)c1.COc1cc(OC)cc(C(=O)[C@H]2[C@H](C)C(C(O)c3ccccn3)CC3C(C)(C)CCC[C@@]32C)c1.ClCCl.[O]=[Mn]=[O]. The van der Waals surface area contributed by atoms with Gasteiger partial charge in [0.05, 0.1) is 45.6 Å². The van der Waals surface area contributed by atoms with Gasteiger partial charge in [0, 0.05) is 53.4 Å². The zero-order valence-corrected chi connectivity index (χ0v) is 48.0. The number of halogens is 2. The average molecular weight is 1100 g/mol. The monoisotopic (exact) mass is 1100 g/mol. The van der Waals surface area contributed by atoms with Crippen molar-refractivity contribution in [3.8, 4) is 23.0 Å². The average Bonchev–Trinajstić information content (AvgIpc) is 3.38. The van der Waals surface area contributed by atoms with E-state index in [1.165, 1.54) is 0 Å². The third-order valence-electron chi connectivity index (χ3n) is 17.8. The number of aromatic nitrogens is 2. The summed E-state index contributed by atoms with van der Waals surface area (Å²) in [5, 5.41) is 11.7. The molecule has 4 unspecified atom stereocenters. The Morgan fingerprint density at radius 2 is 1.03 bits per heavy atom. The fraction of sp³-hybridized carbons (Fsp3) is 0.576. The van der Waals surface area contributed by atoms with E-state index in [9.17, 15) is 19.5 Å². The van der Waals surface area contributed by atoms with Crippen molar-refractivity contribution in [1.82, 2.24) is 9.97 Å². The molecule has 4 saturated carbocycles. The van der Waals surface area contributed by atoms with Gasteiger partial charge in [-0.15, -0.1) is 23.2 Å². The van der Waals surface area contributed by atoms with Gasteiger partial charge in [-0.1, -0.05) is 80.4 Å². The van der Waals surface area contributed by atoms with Crippen LogP contribution in [-0.4, -0.2) is 66.2 Å². The Balaban J connectivity index is 0.000000248. The predicted octanol–water partition coefficient (Wildman–Crippen LogP) is 13.6. The van der Waals surface area contributed by atoms with E-state index in [1.54, 1.807) is 71.2 Å². The Morgan fingerprint density at radius 1 is 0.622 bits per heavy atom. The third kappa shape index (κ3) is 13.1. The molecule has 2 aromatic heterocycles. The fourth-order valence-electron chi connectivity index (χ4n) is 14.5. The number of nitrogens with zero attached hydrogens (tertiary/aromatic N) is 2. The Morgan fingerprint density at radius 3 is 1.42 bits per heavy atom. The molecule has 8 rings (SSSR count). The first-order valence-electron chi connectivity index (χ1n) is 25.7. The molecule has 0 bridgehead atoms. The van der Waals surface area contributed by atoms with Crippen molar-refractivity contribution in [2.45, 2.75) is 113 Å². The maximum atomic E-state index is 14.3. The van der Waals surface area contributed by atoms with Crippen LogP contribution in [0.3, 0.4) is 0 Å². The molecule has 74 heavy (non-hydrogen) atoms. The molecule has 4 aliphatic rings. The Labute approximate surface area is 455 Å². The molecule has 12 nitrogen and oxygen atoms in total. The van der Waals surface area contributed by atoms with Gasteiger partial charge in [0.1, 0.15) is 28.7 Å². The van der Waals surface area contributed by atoms with Crippen LogP contribution in [0.2, 0.25) is 0 Å². The van der Waals surface area contributed by atoms with E-state index < -0.39 is 20.9 Å². The molecule has 0 radical (unpaired) electrons. The summed E-state index contributed by atoms with van der Waals surface area (Å²) >= 11 is 8.09. The third-order valence-corrected chi connectivity index (χ3v) is 17.8. The minimum atomic E-state index is -1.44. The van der Waals surface area contributed by atoms with Crippen LogP contribution < -0.4 is 18.9 Å². The summed E-state index contributed by atoms with van der Waals surface area (Å²) in [6.07, 6.45) is 10.9. The first-order chi connectivity index (χ1) is 35.1. The molecule has 405 valence electrons. The number of hydrogen-bond donors (Lipinski definition) is 1.